The van der Waals surface area contributed by atoms with E-state index in [1.807, 2.05) is 13.0 Å². The molecule has 21 heavy (non-hydrogen) atoms. The van der Waals surface area contributed by atoms with Crippen LogP contribution in [0.4, 0.5) is 11.4 Å². The third-order valence-electron chi connectivity index (χ3n) is 3.11. The van der Waals surface area contributed by atoms with Crippen LogP contribution >= 0.6 is 0 Å². The van der Waals surface area contributed by atoms with E-state index in [2.05, 4.69) is 5.32 Å². The van der Waals surface area contributed by atoms with Crippen molar-refractivity contribution in [2.45, 2.75) is 6.92 Å². The van der Waals surface area contributed by atoms with Crippen LogP contribution in [-0.4, -0.2) is 20.1 Å². The van der Waals surface area contributed by atoms with Crippen molar-refractivity contribution in [1.29, 1.82) is 0 Å². The fraction of sp³-hybridized carbons (Fsp3) is 0.188. The molecule has 0 bridgehead atoms. The van der Waals surface area contributed by atoms with Crippen LogP contribution in [0.1, 0.15) is 15.9 Å². The van der Waals surface area contributed by atoms with Crippen molar-refractivity contribution in [3.05, 3.63) is 47.5 Å². The van der Waals surface area contributed by atoms with Crippen molar-refractivity contribution >= 4 is 17.3 Å². The standard InChI is InChI=1S/C16H18N2O3/c1-10-6-12(17)4-5-15(10)18-16(19)11-7-13(20-2)9-14(8-11)21-3/h4-9H,17H2,1-3H3,(H,18,19). The number of benzene rings is 2. The van der Waals surface area contributed by atoms with Gasteiger partial charge in [0.1, 0.15) is 11.5 Å². The first-order chi connectivity index (χ1) is 10.0. The number of nitrogen functional groups attached to an aromatic ring is 1. The number of rotatable bonds is 4. The zero-order valence-electron chi connectivity index (χ0n) is 12.3. The highest BCUT2D eigenvalue weighted by molar-refractivity contribution is 6.05. The Morgan fingerprint density at radius 2 is 1.67 bits per heavy atom. The number of nitrogens with one attached hydrogen (secondary N) is 1. The van der Waals surface area contributed by atoms with Gasteiger partial charge in [-0.1, -0.05) is 0 Å². The Labute approximate surface area is 123 Å². The van der Waals surface area contributed by atoms with Crippen molar-refractivity contribution in [1.82, 2.24) is 0 Å². The highest BCUT2D eigenvalue weighted by Gasteiger charge is 2.11. The van der Waals surface area contributed by atoms with E-state index in [1.165, 1.54) is 0 Å². The van der Waals surface area contributed by atoms with Gasteiger partial charge in [0, 0.05) is 23.0 Å². The van der Waals surface area contributed by atoms with Crippen molar-refractivity contribution in [3.8, 4) is 11.5 Å². The number of anilines is 2. The minimum absolute atomic E-state index is 0.236. The van der Waals surface area contributed by atoms with Crippen molar-refractivity contribution < 1.29 is 14.3 Å². The SMILES string of the molecule is COc1cc(OC)cc(C(=O)Nc2ccc(N)cc2C)c1. The third-order valence-corrected chi connectivity index (χ3v) is 3.11. The summed E-state index contributed by atoms with van der Waals surface area (Å²) >= 11 is 0. The third kappa shape index (κ3) is 3.45. The van der Waals surface area contributed by atoms with Gasteiger partial charge in [0.25, 0.3) is 5.91 Å². The number of amides is 1. The summed E-state index contributed by atoms with van der Waals surface area (Å²) in [6, 6.07) is 10.4. The number of carbonyl (C=O) groups excluding carboxylic acids is 1. The van der Waals surface area contributed by atoms with Crippen LogP contribution in [0.3, 0.4) is 0 Å². The van der Waals surface area contributed by atoms with Crippen molar-refractivity contribution in [2.75, 3.05) is 25.3 Å². The molecule has 1 amide bonds. The molecule has 0 saturated carbocycles. The smallest absolute Gasteiger partial charge is 0.255 e. The van der Waals surface area contributed by atoms with E-state index in [-0.39, 0.29) is 5.91 Å². The average Bonchev–Trinajstić information content (AvgIpc) is 2.49. The molecule has 2 rings (SSSR count). The van der Waals surface area contributed by atoms with Gasteiger partial charge in [-0.3, -0.25) is 4.79 Å². The van der Waals surface area contributed by atoms with E-state index >= 15 is 0 Å². The molecule has 2 aromatic carbocycles. The second kappa shape index (κ2) is 6.17. The van der Waals surface area contributed by atoms with Crippen LogP contribution in [0.25, 0.3) is 0 Å². The summed E-state index contributed by atoms with van der Waals surface area (Å²) in [6.45, 7) is 1.89. The number of ether oxygens (including phenoxy) is 2. The maximum absolute atomic E-state index is 12.3. The van der Waals surface area contributed by atoms with E-state index in [0.717, 1.165) is 11.3 Å². The second-order valence-corrected chi connectivity index (χ2v) is 4.63. The molecular formula is C16H18N2O3. The summed E-state index contributed by atoms with van der Waals surface area (Å²) in [4.78, 5) is 12.3. The molecule has 3 N–H and O–H groups in total. The molecule has 110 valence electrons. The largest absolute Gasteiger partial charge is 0.497 e. The van der Waals surface area contributed by atoms with Gasteiger partial charge in [0.05, 0.1) is 14.2 Å². The Morgan fingerprint density at radius 3 is 2.19 bits per heavy atom. The van der Waals surface area contributed by atoms with Crippen LogP contribution < -0.4 is 20.5 Å². The van der Waals surface area contributed by atoms with Gasteiger partial charge < -0.3 is 20.5 Å². The Morgan fingerprint density at radius 1 is 1.05 bits per heavy atom. The Hall–Kier alpha value is -2.69. The molecule has 0 spiro atoms. The molecule has 5 heteroatoms. The minimum Gasteiger partial charge on any atom is -0.497 e. The van der Waals surface area contributed by atoms with Crippen LogP contribution in [0.15, 0.2) is 36.4 Å². The highest BCUT2D eigenvalue weighted by Crippen LogP contribution is 2.24. The van der Waals surface area contributed by atoms with Gasteiger partial charge in [-0.2, -0.15) is 0 Å². The topological polar surface area (TPSA) is 73.6 Å². The monoisotopic (exact) mass is 286 g/mol. The minimum atomic E-state index is -0.236. The molecule has 0 aliphatic heterocycles. The summed E-state index contributed by atoms with van der Waals surface area (Å²) in [7, 11) is 3.08. The predicted octanol–water partition coefficient (Wildman–Crippen LogP) is 2.85. The number of hydrogen-bond donors (Lipinski definition) is 2. The fourth-order valence-electron chi connectivity index (χ4n) is 1.96. The van der Waals surface area contributed by atoms with E-state index in [0.29, 0.717) is 22.7 Å². The van der Waals surface area contributed by atoms with E-state index in [1.54, 1.807) is 44.6 Å². The normalized spacial score (nSPS) is 10.0. The number of carbonyl (C=O) groups is 1. The Kier molecular flexibility index (Phi) is 4.33. The second-order valence-electron chi connectivity index (χ2n) is 4.63. The molecule has 5 nitrogen and oxygen atoms in total. The zero-order chi connectivity index (χ0) is 15.4. The first-order valence-corrected chi connectivity index (χ1v) is 6.44. The molecular weight excluding hydrogens is 268 g/mol. The van der Waals surface area contributed by atoms with Crippen LogP contribution in [-0.2, 0) is 0 Å². The van der Waals surface area contributed by atoms with Crippen LogP contribution in [0, 0.1) is 6.92 Å². The van der Waals surface area contributed by atoms with Gasteiger partial charge in [0.2, 0.25) is 0 Å². The van der Waals surface area contributed by atoms with Crippen LogP contribution in [0.2, 0.25) is 0 Å². The Balaban J connectivity index is 2.27. The molecule has 0 atom stereocenters. The first kappa shape index (κ1) is 14.7. The zero-order valence-corrected chi connectivity index (χ0v) is 12.3. The van der Waals surface area contributed by atoms with Crippen LogP contribution in [0.5, 0.6) is 11.5 Å². The lowest BCUT2D eigenvalue weighted by molar-refractivity contribution is 0.102. The molecule has 0 heterocycles. The molecule has 0 unspecified atom stereocenters. The van der Waals surface area contributed by atoms with Gasteiger partial charge in [0.15, 0.2) is 0 Å². The molecule has 0 fully saturated rings. The summed E-state index contributed by atoms with van der Waals surface area (Å²) < 4.78 is 10.3. The maximum Gasteiger partial charge on any atom is 0.255 e. The number of methoxy groups -OCH3 is 2. The van der Waals surface area contributed by atoms with E-state index in [9.17, 15) is 4.79 Å². The molecule has 0 saturated heterocycles. The molecule has 0 radical (unpaired) electrons. The summed E-state index contributed by atoms with van der Waals surface area (Å²) in [6.07, 6.45) is 0. The maximum atomic E-state index is 12.3. The van der Waals surface area contributed by atoms with Gasteiger partial charge >= 0.3 is 0 Å². The average molecular weight is 286 g/mol. The molecule has 0 aliphatic rings. The lowest BCUT2D eigenvalue weighted by Crippen LogP contribution is -2.13. The quantitative estimate of drug-likeness (QED) is 0.848. The number of hydrogen-bond acceptors (Lipinski definition) is 4. The predicted molar refractivity (Wildman–Crippen MR) is 83.1 cm³/mol. The highest BCUT2D eigenvalue weighted by atomic mass is 16.5. The number of nitrogens with two attached hydrogens (primary N) is 1. The lowest BCUT2D eigenvalue weighted by atomic mass is 10.1. The van der Waals surface area contributed by atoms with Gasteiger partial charge in [-0.25, -0.2) is 0 Å². The first-order valence-electron chi connectivity index (χ1n) is 6.44. The molecule has 0 aromatic heterocycles. The van der Waals surface area contributed by atoms with Crippen molar-refractivity contribution in [3.63, 3.8) is 0 Å². The van der Waals surface area contributed by atoms with Gasteiger partial charge in [-0.15, -0.1) is 0 Å². The summed E-state index contributed by atoms with van der Waals surface area (Å²) in [5.41, 5.74) is 8.44. The fourth-order valence-corrected chi connectivity index (χ4v) is 1.96. The van der Waals surface area contributed by atoms with E-state index < -0.39 is 0 Å². The lowest BCUT2D eigenvalue weighted by Gasteiger charge is -2.11. The molecule has 0 aliphatic carbocycles. The summed E-state index contributed by atoms with van der Waals surface area (Å²) in [5.74, 6) is 0.891. The Bertz CT molecular complexity index is 646. The van der Waals surface area contributed by atoms with Crippen molar-refractivity contribution in [2.24, 2.45) is 0 Å². The van der Waals surface area contributed by atoms with E-state index in [4.69, 9.17) is 15.2 Å². The van der Waals surface area contributed by atoms with Gasteiger partial charge in [-0.05, 0) is 42.8 Å². The summed E-state index contributed by atoms with van der Waals surface area (Å²) in [5, 5.41) is 2.85. The molecule has 2 aromatic rings. The number of aryl methyl sites for hydroxylation is 1.